The maximum atomic E-state index is 11.8. The zero-order valence-corrected chi connectivity index (χ0v) is 9.87. The van der Waals surface area contributed by atoms with Crippen LogP contribution in [0.15, 0.2) is 0 Å². The number of unbranched alkanes of at least 4 members (excludes halogenated alkanes) is 2. The smallest absolute Gasteiger partial charge is 0.242 e. The Hall–Kier alpha value is -1.10. The monoisotopic (exact) mass is 227 g/mol. The SMILES string of the molecule is CC1C(=O)NCCN1C(=O)CCCCCN. The predicted octanol–water partition coefficient (Wildman–Crippen LogP) is -0.148. The number of nitrogens with zero attached hydrogens (tertiary/aromatic N) is 1. The molecular weight excluding hydrogens is 206 g/mol. The maximum Gasteiger partial charge on any atom is 0.242 e. The van der Waals surface area contributed by atoms with E-state index < -0.39 is 0 Å². The van der Waals surface area contributed by atoms with E-state index in [0.29, 0.717) is 26.1 Å². The van der Waals surface area contributed by atoms with Gasteiger partial charge in [0.1, 0.15) is 6.04 Å². The van der Waals surface area contributed by atoms with Crippen LogP contribution in [0.1, 0.15) is 32.6 Å². The van der Waals surface area contributed by atoms with Gasteiger partial charge in [0.15, 0.2) is 0 Å². The van der Waals surface area contributed by atoms with Crippen LogP contribution in [-0.2, 0) is 9.59 Å². The molecule has 0 bridgehead atoms. The summed E-state index contributed by atoms with van der Waals surface area (Å²) in [6.45, 7) is 3.64. The van der Waals surface area contributed by atoms with Gasteiger partial charge in [-0.3, -0.25) is 9.59 Å². The average molecular weight is 227 g/mol. The molecule has 0 spiro atoms. The Morgan fingerprint density at radius 1 is 1.50 bits per heavy atom. The first-order valence-corrected chi connectivity index (χ1v) is 5.94. The molecule has 1 atom stereocenters. The fraction of sp³-hybridized carbons (Fsp3) is 0.818. The first-order valence-electron chi connectivity index (χ1n) is 5.94. The number of nitrogens with one attached hydrogen (secondary N) is 1. The van der Waals surface area contributed by atoms with Gasteiger partial charge in [-0.2, -0.15) is 0 Å². The summed E-state index contributed by atoms with van der Waals surface area (Å²) in [6.07, 6.45) is 3.33. The van der Waals surface area contributed by atoms with Crippen molar-refractivity contribution in [3.63, 3.8) is 0 Å². The summed E-state index contributed by atoms with van der Waals surface area (Å²) in [4.78, 5) is 24.9. The van der Waals surface area contributed by atoms with Gasteiger partial charge in [-0.05, 0) is 26.3 Å². The van der Waals surface area contributed by atoms with Gasteiger partial charge in [0.2, 0.25) is 11.8 Å². The molecule has 1 heterocycles. The van der Waals surface area contributed by atoms with E-state index in [1.807, 2.05) is 0 Å². The lowest BCUT2D eigenvalue weighted by Crippen LogP contribution is -2.55. The van der Waals surface area contributed by atoms with E-state index >= 15 is 0 Å². The predicted molar refractivity (Wildman–Crippen MR) is 61.7 cm³/mol. The zero-order chi connectivity index (χ0) is 12.0. The number of rotatable bonds is 5. The van der Waals surface area contributed by atoms with E-state index in [9.17, 15) is 9.59 Å². The molecule has 5 nitrogen and oxygen atoms in total. The van der Waals surface area contributed by atoms with Crippen LogP contribution in [0.3, 0.4) is 0 Å². The second kappa shape index (κ2) is 6.48. The summed E-state index contributed by atoms with van der Waals surface area (Å²) < 4.78 is 0. The Bertz CT molecular complexity index is 256. The van der Waals surface area contributed by atoms with E-state index in [-0.39, 0.29) is 17.9 Å². The summed E-state index contributed by atoms with van der Waals surface area (Å²) in [6, 6.07) is -0.323. The maximum absolute atomic E-state index is 11.8. The molecule has 92 valence electrons. The van der Waals surface area contributed by atoms with Gasteiger partial charge in [0, 0.05) is 19.5 Å². The quantitative estimate of drug-likeness (QED) is 0.641. The highest BCUT2D eigenvalue weighted by molar-refractivity contribution is 5.88. The summed E-state index contributed by atoms with van der Waals surface area (Å²) in [5.74, 6) is 0.0286. The van der Waals surface area contributed by atoms with E-state index in [1.165, 1.54) is 0 Å². The molecule has 1 aliphatic heterocycles. The van der Waals surface area contributed by atoms with Crippen molar-refractivity contribution < 1.29 is 9.59 Å². The number of nitrogens with two attached hydrogens (primary N) is 1. The number of carbonyl (C=O) groups excluding carboxylic acids is 2. The Kier molecular flexibility index (Phi) is 5.25. The molecule has 1 saturated heterocycles. The second-order valence-corrected chi connectivity index (χ2v) is 4.15. The van der Waals surface area contributed by atoms with Crippen molar-refractivity contribution in [2.45, 2.75) is 38.6 Å². The van der Waals surface area contributed by atoms with Crippen molar-refractivity contribution in [3.8, 4) is 0 Å². The molecule has 1 rings (SSSR count). The molecule has 5 heteroatoms. The van der Waals surface area contributed by atoms with Crippen molar-refractivity contribution in [2.75, 3.05) is 19.6 Å². The molecule has 0 aromatic heterocycles. The van der Waals surface area contributed by atoms with Gasteiger partial charge in [-0.15, -0.1) is 0 Å². The largest absolute Gasteiger partial charge is 0.353 e. The van der Waals surface area contributed by atoms with Crippen LogP contribution in [0.5, 0.6) is 0 Å². The third-order valence-corrected chi connectivity index (χ3v) is 2.91. The Morgan fingerprint density at radius 3 is 2.94 bits per heavy atom. The first-order chi connectivity index (χ1) is 7.66. The zero-order valence-electron chi connectivity index (χ0n) is 9.87. The molecule has 0 aromatic rings. The molecule has 16 heavy (non-hydrogen) atoms. The van der Waals surface area contributed by atoms with E-state index in [0.717, 1.165) is 19.3 Å². The van der Waals surface area contributed by atoms with Gasteiger partial charge < -0.3 is 16.0 Å². The molecule has 1 aliphatic rings. The Morgan fingerprint density at radius 2 is 2.25 bits per heavy atom. The Labute approximate surface area is 96.4 Å². The second-order valence-electron chi connectivity index (χ2n) is 4.15. The van der Waals surface area contributed by atoms with Crippen LogP contribution in [0.4, 0.5) is 0 Å². The standard InChI is InChI=1S/C11H21N3O2/c1-9-11(16)13-7-8-14(9)10(15)5-3-2-4-6-12/h9H,2-8,12H2,1H3,(H,13,16). The fourth-order valence-electron chi connectivity index (χ4n) is 1.86. The number of carbonyl (C=O) groups is 2. The van der Waals surface area contributed by atoms with Crippen LogP contribution in [0.25, 0.3) is 0 Å². The van der Waals surface area contributed by atoms with Crippen molar-refractivity contribution in [1.82, 2.24) is 10.2 Å². The van der Waals surface area contributed by atoms with Crippen LogP contribution in [-0.4, -0.2) is 42.4 Å². The lowest BCUT2D eigenvalue weighted by molar-refractivity contribution is -0.142. The number of hydrogen-bond donors (Lipinski definition) is 2. The van der Waals surface area contributed by atoms with Crippen molar-refractivity contribution in [3.05, 3.63) is 0 Å². The minimum atomic E-state index is -0.323. The van der Waals surface area contributed by atoms with Gasteiger partial charge in [-0.1, -0.05) is 6.42 Å². The highest BCUT2D eigenvalue weighted by Crippen LogP contribution is 2.09. The highest BCUT2D eigenvalue weighted by Gasteiger charge is 2.28. The fourth-order valence-corrected chi connectivity index (χ4v) is 1.86. The topological polar surface area (TPSA) is 75.4 Å². The molecule has 1 fully saturated rings. The summed E-state index contributed by atoms with van der Waals surface area (Å²) in [5, 5.41) is 2.74. The third kappa shape index (κ3) is 3.48. The molecule has 0 radical (unpaired) electrons. The van der Waals surface area contributed by atoms with Gasteiger partial charge in [0.25, 0.3) is 0 Å². The van der Waals surface area contributed by atoms with Gasteiger partial charge in [-0.25, -0.2) is 0 Å². The lowest BCUT2D eigenvalue weighted by Gasteiger charge is -2.32. The van der Waals surface area contributed by atoms with E-state index in [2.05, 4.69) is 5.32 Å². The highest BCUT2D eigenvalue weighted by atomic mass is 16.2. The molecule has 0 saturated carbocycles. The van der Waals surface area contributed by atoms with Crippen molar-refractivity contribution >= 4 is 11.8 Å². The molecular formula is C11H21N3O2. The first kappa shape index (κ1) is 13.0. The van der Waals surface area contributed by atoms with Crippen LogP contribution in [0, 0.1) is 0 Å². The van der Waals surface area contributed by atoms with Crippen LogP contribution < -0.4 is 11.1 Å². The van der Waals surface area contributed by atoms with Gasteiger partial charge in [0.05, 0.1) is 0 Å². The summed E-state index contributed by atoms with van der Waals surface area (Å²) in [5.41, 5.74) is 5.38. The summed E-state index contributed by atoms with van der Waals surface area (Å²) in [7, 11) is 0. The van der Waals surface area contributed by atoms with E-state index in [1.54, 1.807) is 11.8 Å². The van der Waals surface area contributed by atoms with Crippen LogP contribution in [0.2, 0.25) is 0 Å². The number of amides is 2. The lowest BCUT2D eigenvalue weighted by atomic mass is 10.1. The normalized spacial score (nSPS) is 20.8. The molecule has 2 amide bonds. The molecule has 3 N–H and O–H groups in total. The average Bonchev–Trinajstić information content (AvgIpc) is 2.28. The third-order valence-electron chi connectivity index (χ3n) is 2.91. The number of hydrogen-bond acceptors (Lipinski definition) is 3. The van der Waals surface area contributed by atoms with E-state index in [4.69, 9.17) is 5.73 Å². The minimum Gasteiger partial charge on any atom is -0.353 e. The van der Waals surface area contributed by atoms with Crippen LogP contribution >= 0.6 is 0 Å². The summed E-state index contributed by atoms with van der Waals surface area (Å²) >= 11 is 0. The van der Waals surface area contributed by atoms with Crippen molar-refractivity contribution in [1.29, 1.82) is 0 Å². The number of piperazine rings is 1. The molecule has 0 aromatic carbocycles. The Balaban J connectivity index is 2.32. The molecule has 0 aliphatic carbocycles. The van der Waals surface area contributed by atoms with Crippen molar-refractivity contribution in [2.24, 2.45) is 5.73 Å². The molecule has 1 unspecified atom stereocenters. The minimum absolute atomic E-state index is 0.0541. The van der Waals surface area contributed by atoms with Gasteiger partial charge >= 0.3 is 0 Å².